The topological polar surface area (TPSA) is 12.4 Å². The van der Waals surface area contributed by atoms with Crippen LogP contribution in [0.15, 0.2) is 27.9 Å². The van der Waals surface area contributed by atoms with Crippen LogP contribution < -0.4 is 0 Å². The van der Waals surface area contributed by atoms with E-state index in [1.165, 1.54) is 5.57 Å². The van der Waals surface area contributed by atoms with Crippen molar-refractivity contribution < 1.29 is 0 Å². The molecule has 54 valence electrons. The van der Waals surface area contributed by atoms with Gasteiger partial charge in [-0.25, -0.2) is 4.99 Å². The van der Waals surface area contributed by atoms with Gasteiger partial charge in [-0.1, -0.05) is 17.7 Å². The molecule has 1 nitrogen and oxygen atoms in total. The van der Waals surface area contributed by atoms with E-state index in [9.17, 15) is 0 Å². The zero-order valence-electron chi connectivity index (χ0n) is 5.97. The zero-order chi connectivity index (χ0) is 7.40. The van der Waals surface area contributed by atoms with Crippen LogP contribution in [0.5, 0.6) is 0 Å². The Morgan fingerprint density at radius 1 is 1.60 bits per heavy atom. The second-order valence-electron chi connectivity index (χ2n) is 2.32. The summed E-state index contributed by atoms with van der Waals surface area (Å²) in [5.41, 5.74) is 1.17. The van der Waals surface area contributed by atoms with Crippen molar-refractivity contribution in [2.75, 3.05) is 0 Å². The summed E-state index contributed by atoms with van der Waals surface area (Å²) in [6.45, 7) is 2.01. The lowest BCUT2D eigenvalue weighted by Gasteiger charge is -2.00. The fraction of sp³-hybridized carbons (Fsp3) is 0.375. The summed E-state index contributed by atoms with van der Waals surface area (Å²) in [6.07, 6.45) is 7.83. The minimum Gasteiger partial charge on any atom is -0.245 e. The summed E-state index contributed by atoms with van der Waals surface area (Å²) >= 11 is 5.79. The van der Waals surface area contributed by atoms with Gasteiger partial charge in [-0.3, -0.25) is 0 Å². The van der Waals surface area contributed by atoms with Gasteiger partial charge in [0.15, 0.2) is 0 Å². The molecule has 1 rings (SSSR count). The fourth-order valence-corrected chi connectivity index (χ4v) is 0.930. The van der Waals surface area contributed by atoms with Gasteiger partial charge in [-0.15, -0.1) is 0 Å². The molecule has 0 aliphatic carbocycles. The maximum Gasteiger partial charge on any atom is 0.127 e. The summed E-state index contributed by atoms with van der Waals surface area (Å²) < 4.78 is 0. The quantitative estimate of drug-likeness (QED) is 0.477. The van der Waals surface area contributed by atoms with Crippen LogP contribution in [-0.2, 0) is 0 Å². The molecule has 1 aliphatic heterocycles. The highest BCUT2D eigenvalue weighted by Gasteiger charge is 1.96. The van der Waals surface area contributed by atoms with Gasteiger partial charge in [-0.2, -0.15) is 0 Å². The lowest BCUT2D eigenvalue weighted by atomic mass is 10.1. The van der Waals surface area contributed by atoms with Crippen LogP contribution in [0.1, 0.15) is 19.8 Å². The molecule has 0 saturated carbocycles. The minimum absolute atomic E-state index is 0.643. The van der Waals surface area contributed by atoms with Crippen LogP contribution in [-0.4, -0.2) is 6.21 Å². The molecule has 0 aromatic carbocycles. The van der Waals surface area contributed by atoms with E-state index < -0.39 is 0 Å². The van der Waals surface area contributed by atoms with E-state index in [0.29, 0.717) is 5.16 Å². The largest absolute Gasteiger partial charge is 0.245 e. The second-order valence-corrected chi connectivity index (χ2v) is 2.67. The lowest BCUT2D eigenvalue weighted by molar-refractivity contribution is 0.964. The molecule has 0 unspecified atom stereocenters. The predicted octanol–water partition coefficient (Wildman–Crippen LogP) is 2.88. The highest BCUT2D eigenvalue weighted by molar-refractivity contribution is 6.30. The maximum absolute atomic E-state index is 5.79. The highest BCUT2D eigenvalue weighted by Crippen LogP contribution is 2.16. The summed E-state index contributed by atoms with van der Waals surface area (Å²) in [4.78, 5) is 4.00. The molecule has 0 amide bonds. The van der Waals surface area contributed by atoms with E-state index in [-0.39, 0.29) is 0 Å². The summed E-state index contributed by atoms with van der Waals surface area (Å²) in [5.74, 6) is 0. The molecule has 1 aliphatic rings. The molecule has 0 aromatic rings. The monoisotopic (exact) mass is 155 g/mol. The van der Waals surface area contributed by atoms with Crippen molar-refractivity contribution in [2.24, 2.45) is 4.99 Å². The number of hydrogen-bond donors (Lipinski definition) is 0. The van der Waals surface area contributed by atoms with Gasteiger partial charge in [-0.05, 0) is 31.4 Å². The van der Waals surface area contributed by atoms with Crippen LogP contribution in [0.3, 0.4) is 0 Å². The Morgan fingerprint density at radius 3 is 3.20 bits per heavy atom. The molecule has 0 radical (unpaired) electrons. The van der Waals surface area contributed by atoms with E-state index in [1.807, 2.05) is 13.0 Å². The van der Waals surface area contributed by atoms with Crippen LogP contribution in [0.25, 0.3) is 0 Å². The summed E-state index contributed by atoms with van der Waals surface area (Å²) in [5, 5.41) is 0.643. The van der Waals surface area contributed by atoms with Gasteiger partial charge in [0.1, 0.15) is 5.16 Å². The third-order valence-corrected chi connectivity index (χ3v) is 1.87. The molecule has 0 spiro atoms. The second kappa shape index (κ2) is 3.57. The maximum atomic E-state index is 5.79. The molecule has 0 bridgehead atoms. The third-order valence-electron chi connectivity index (χ3n) is 1.45. The third kappa shape index (κ3) is 1.99. The number of aliphatic imine (C=N–C) groups is 1. The lowest BCUT2D eigenvalue weighted by Crippen LogP contribution is -1.83. The molecule has 2 heteroatoms. The van der Waals surface area contributed by atoms with Crippen molar-refractivity contribution >= 4 is 17.8 Å². The first-order valence-corrected chi connectivity index (χ1v) is 3.73. The Labute approximate surface area is 66.1 Å². The molecular weight excluding hydrogens is 146 g/mol. The Hall–Kier alpha value is -0.560. The highest BCUT2D eigenvalue weighted by atomic mass is 35.5. The van der Waals surface area contributed by atoms with Crippen LogP contribution >= 0.6 is 11.6 Å². The molecular formula is C8H10ClN. The van der Waals surface area contributed by atoms with Crippen molar-refractivity contribution in [3.05, 3.63) is 22.9 Å². The average molecular weight is 156 g/mol. The fourth-order valence-electron chi connectivity index (χ4n) is 0.779. The predicted molar refractivity (Wildman–Crippen MR) is 45.4 cm³/mol. The molecule has 10 heavy (non-hydrogen) atoms. The first kappa shape index (κ1) is 7.55. The van der Waals surface area contributed by atoms with Crippen LogP contribution in [0, 0.1) is 0 Å². The number of nitrogens with zero attached hydrogens (tertiary/aromatic N) is 1. The summed E-state index contributed by atoms with van der Waals surface area (Å²) in [7, 11) is 0. The Kier molecular flexibility index (Phi) is 2.69. The van der Waals surface area contributed by atoms with Crippen LogP contribution in [0.4, 0.5) is 0 Å². The average Bonchev–Trinajstić information content (AvgIpc) is 1.92. The van der Waals surface area contributed by atoms with Crippen molar-refractivity contribution in [2.45, 2.75) is 19.8 Å². The molecule has 0 aromatic heterocycles. The number of halogens is 1. The number of allylic oxidation sites excluding steroid dienone is 3. The first-order chi connectivity index (χ1) is 4.80. The van der Waals surface area contributed by atoms with E-state index in [2.05, 4.69) is 11.1 Å². The van der Waals surface area contributed by atoms with Crippen LogP contribution in [0.2, 0.25) is 0 Å². The zero-order valence-corrected chi connectivity index (χ0v) is 6.73. The van der Waals surface area contributed by atoms with Gasteiger partial charge in [0.25, 0.3) is 0 Å². The van der Waals surface area contributed by atoms with Gasteiger partial charge in [0.2, 0.25) is 0 Å². The van der Waals surface area contributed by atoms with E-state index >= 15 is 0 Å². The van der Waals surface area contributed by atoms with Crippen molar-refractivity contribution in [1.29, 1.82) is 0 Å². The smallest absolute Gasteiger partial charge is 0.127 e. The molecule has 0 fully saturated rings. The minimum atomic E-state index is 0.643. The normalized spacial score (nSPS) is 19.0. The number of hydrogen-bond acceptors (Lipinski definition) is 1. The first-order valence-electron chi connectivity index (χ1n) is 3.35. The molecule has 0 N–H and O–H groups in total. The Bertz CT molecular complexity index is 201. The summed E-state index contributed by atoms with van der Waals surface area (Å²) in [6, 6.07) is 0. The number of rotatable bonds is 0. The molecule has 0 saturated heterocycles. The van der Waals surface area contributed by atoms with Crippen molar-refractivity contribution in [3.63, 3.8) is 0 Å². The van der Waals surface area contributed by atoms with Crippen molar-refractivity contribution in [1.82, 2.24) is 0 Å². The molecule has 1 heterocycles. The van der Waals surface area contributed by atoms with Gasteiger partial charge in [0.05, 0.1) is 0 Å². The Morgan fingerprint density at radius 2 is 2.40 bits per heavy atom. The van der Waals surface area contributed by atoms with E-state index in [1.54, 1.807) is 6.21 Å². The van der Waals surface area contributed by atoms with Crippen molar-refractivity contribution in [3.8, 4) is 0 Å². The van der Waals surface area contributed by atoms with Gasteiger partial charge in [0, 0.05) is 6.21 Å². The standard InChI is InChI=1S/C8H10ClN/c1-7-5-3-2-4-6-10-8(7)9/h2,4,6H,3,5H2,1H3. The SMILES string of the molecule is CC1=C(Cl)N=CC=CCC1. The molecule has 0 atom stereocenters. The van der Waals surface area contributed by atoms with Gasteiger partial charge >= 0.3 is 0 Å². The van der Waals surface area contributed by atoms with Gasteiger partial charge < -0.3 is 0 Å². The Balaban J connectivity index is 2.79. The van der Waals surface area contributed by atoms with E-state index in [4.69, 9.17) is 11.6 Å². The van der Waals surface area contributed by atoms with E-state index in [0.717, 1.165) is 12.8 Å².